The average molecular weight is 509 g/mol. The van der Waals surface area contributed by atoms with Crippen LogP contribution >= 0.6 is 0 Å². The maximum atomic E-state index is 9.74. The molecule has 0 fully saturated rings. The monoisotopic (exact) mass is 508 g/mol. The van der Waals surface area contributed by atoms with Crippen LogP contribution in [0.1, 0.15) is 58.4 Å². The van der Waals surface area contributed by atoms with Crippen LogP contribution in [0, 0.1) is 13.8 Å². The van der Waals surface area contributed by atoms with Gasteiger partial charge in [-0.1, -0.05) is 72.8 Å². The van der Waals surface area contributed by atoms with E-state index in [2.05, 4.69) is 86.6 Å². The molecule has 1 aliphatic carbocycles. The first kappa shape index (κ1) is 26.0. The molecule has 38 heavy (non-hydrogen) atoms. The molecule has 5 rings (SSSR count). The van der Waals surface area contributed by atoms with Gasteiger partial charge in [0.05, 0.1) is 17.6 Å². The zero-order valence-electron chi connectivity index (χ0n) is 22.6. The van der Waals surface area contributed by atoms with Gasteiger partial charge in [-0.05, 0) is 90.8 Å². The number of hydrogen-bond acceptors (Lipinski definition) is 4. The number of ether oxygens (including phenoxy) is 2. The highest BCUT2D eigenvalue weighted by molar-refractivity contribution is 5.68. The van der Waals surface area contributed by atoms with E-state index in [9.17, 15) is 10.2 Å². The van der Waals surface area contributed by atoms with Crippen molar-refractivity contribution in [2.45, 2.75) is 51.7 Å². The molecule has 2 atom stereocenters. The molecule has 4 aromatic carbocycles. The normalized spacial score (nSPS) is 15.2. The van der Waals surface area contributed by atoms with Crippen molar-refractivity contribution in [3.63, 3.8) is 0 Å². The second-order valence-electron chi connectivity index (χ2n) is 10.5. The van der Waals surface area contributed by atoms with Gasteiger partial charge in [-0.15, -0.1) is 0 Å². The van der Waals surface area contributed by atoms with E-state index in [1.54, 1.807) is 13.8 Å². The predicted octanol–water partition coefficient (Wildman–Crippen LogP) is 6.11. The summed E-state index contributed by atoms with van der Waals surface area (Å²) in [5.41, 5.74) is 9.00. The van der Waals surface area contributed by atoms with Gasteiger partial charge < -0.3 is 19.7 Å². The van der Waals surface area contributed by atoms with E-state index in [0.717, 1.165) is 40.2 Å². The van der Waals surface area contributed by atoms with Crippen molar-refractivity contribution in [2.75, 3.05) is 13.2 Å². The molecule has 0 radical (unpaired) electrons. The average Bonchev–Trinajstić information content (AvgIpc) is 2.90. The van der Waals surface area contributed by atoms with Crippen molar-refractivity contribution in [3.05, 3.63) is 129 Å². The van der Waals surface area contributed by atoms with E-state index in [0.29, 0.717) is 0 Å². The smallest absolute Gasteiger partial charge is 0.122 e. The van der Waals surface area contributed by atoms with E-state index in [1.807, 2.05) is 12.1 Å². The molecule has 0 bridgehead atoms. The Kier molecular flexibility index (Phi) is 7.29. The molecular formula is C34H36O4. The predicted molar refractivity (Wildman–Crippen MR) is 151 cm³/mol. The van der Waals surface area contributed by atoms with E-state index >= 15 is 0 Å². The summed E-state index contributed by atoms with van der Waals surface area (Å²) in [5.74, 6) is 1.56. The molecule has 0 aliphatic heterocycles. The van der Waals surface area contributed by atoms with Crippen molar-refractivity contribution < 1.29 is 19.7 Å². The molecule has 0 spiro atoms. The Morgan fingerprint density at radius 2 is 1.08 bits per heavy atom. The quantitative estimate of drug-likeness (QED) is 0.266. The molecule has 196 valence electrons. The van der Waals surface area contributed by atoms with Gasteiger partial charge in [0.2, 0.25) is 0 Å². The summed E-state index contributed by atoms with van der Waals surface area (Å²) >= 11 is 0. The van der Waals surface area contributed by atoms with Crippen LogP contribution < -0.4 is 9.47 Å². The fraction of sp³-hybridized carbons (Fsp3) is 0.294. The van der Waals surface area contributed by atoms with Crippen molar-refractivity contribution in [2.24, 2.45) is 0 Å². The van der Waals surface area contributed by atoms with Crippen LogP contribution in [0.4, 0.5) is 0 Å². The zero-order chi connectivity index (χ0) is 26.9. The minimum absolute atomic E-state index is 0.254. The number of aliphatic hydroxyl groups excluding tert-OH is 2. The van der Waals surface area contributed by atoms with Crippen LogP contribution in [0.3, 0.4) is 0 Å². The molecule has 4 heteroatoms. The van der Waals surface area contributed by atoms with Gasteiger partial charge in [-0.3, -0.25) is 0 Å². The fourth-order valence-electron chi connectivity index (χ4n) is 5.73. The largest absolute Gasteiger partial charge is 0.491 e. The summed E-state index contributed by atoms with van der Waals surface area (Å²) in [6.45, 7) is 8.09. The van der Waals surface area contributed by atoms with E-state index in [1.165, 1.54) is 22.3 Å². The molecule has 0 aromatic heterocycles. The Labute approximate surface area is 225 Å². The minimum Gasteiger partial charge on any atom is -0.491 e. The Morgan fingerprint density at radius 1 is 0.658 bits per heavy atom. The second kappa shape index (κ2) is 10.6. The number of fused-ring (bicyclic) bond motifs is 2. The molecule has 1 aliphatic rings. The summed E-state index contributed by atoms with van der Waals surface area (Å²) in [6.07, 6.45) is -0.179. The summed E-state index contributed by atoms with van der Waals surface area (Å²) in [7, 11) is 0. The maximum Gasteiger partial charge on any atom is 0.122 e. The molecule has 0 saturated carbocycles. The molecular weight excluding hydrogens is 472 g/mol. The summed E-state index contributed by atoms with van der Waals surface area (Å²) < 4.78 is 11.8. The van der Waals surface area contributed by atoms with Crippen LogP contribution in [0.15, 0.2) is 84.9 Å². The first-order chi connectivity index (χ1) is 18.3. The maximum absolute atomic E-state index is 9.74. The van der Waals surface area contributed by atoms with Crippen LogP contribution in [-0.4, -0.2) is 35.6 Å². The van der Waals surface area contributed by atoms with Crippen molar-refractivity contribution in [1.29, 1.82) is 0 Å². The lowest BCUT2D eigenvalue weighted by Gasteiger charge is -2.42. The number of rotatable bonds is 8. The summed E-state index contributed by atoms with van der Waals surface area (Å²) in [5, 5.41) is 19.5. The number of aryl methyl sites for hydroxylation is 2. The third-order valence-electron chi connectivity index (χ3n) is 7.40. The Bertz CT molecular complexity index is 1330. The van der Waals surface area contributed by atoms with Crippen molar-refractivity contribution in [3.8, 4) is 11.5 Å². The highest BCUT2D eigenvalue weighted by Gasteiger charge is 2.44. The van der Waals surface area contributed by atoms with Crippen molar-refractivity contribution in [1.82, 2.24) is 0 Å². The van der Waals surface area contributed by atoms with Gasteiger partial charge in [0.1, 0.15) is 24.7 Å². The first-order valence-electron chi connectivity index (χ1n) is 13.3. The number of hydrogen-bond donors (Lipinski definition) is 2. The first-order valence-corrected chi connectivity index (χ1v) is 13.3. The third-order valence-corrected chi connectivity index (χ3v) is 7.40. The van der Waals surface area contributed by atoms with E-state index in [4.69, 9.17) is 9.47 Å². The van der Waals surface area contributed by atoms with Gasteiger partial charge in [-0.25, -0.2) is 0 Å². The fourth-order valence-corrected chi connectivity index (χ4v) is 5.73. The standard InChI is InChI=1S/C34H36O4/c1-22-17-28(13-15-32(22)37-20-24(3)35)34(29-14-16-33(23(2)18-29)38-21-25(4)36)30-11-7-5-9-26(30)19-27-10-6-8-12-31(27)34/h5-18,24-25,35-36H,19-21H2,1-4H3. The lowest BCUT2D eigenvalue weighted by Crippen LogP contribution is -2.36. The van der Waals surface area contributed by atoms with Gasteiger partial charge in [-0.2, -0.15) is 0 Å². The molecule has 4 nitrogen and oxygen atoms in total. The molecule has 2 N–H and O–H groups in total. The highest BCUT2D eigenvalue weighted by Crippen LogP contribution is 2.51. The van der Waals surface area contributed by atoms with E-state index < -0.39 is 17.6 Å². The summed E-state index contributed by atoms with van der Waals surface area (Å²) in [6, 6.07) is 30.3. The minimum atomic E-state index is -0.535. The van der Waals surface area contributed by atoms with Crippen LogP contribution in [-0.2, 0) is 11.8 Å². The third kappa shape index (κ3) is 4.70. The van der Waals surface area contributed by atoms with E-state index in [-0.39, 0.29) is 13.2 Å². The van der Waals surface area contributed by atoms with Gasteiger partial charge in [0.25, 0.3) is 0 Å². The summed E-state index contributed by atoms with van der Waals surface area (Å²) in [4.78, 5) is 0. The second-order valence-corrected chi connectivity index (χ2v) is 10.5. The Morgan fingerprint density at radius 3 is 1.47 bits per heavy atom. The van der Waals surface area contributed by atoms with Gasteiger partial charge in [0, 0.05) is 0 Å². The molecule has 0 saturated heterocycles. The number of benzene rings is 4. The zero-order valence-corrected chi connectivity index (χ0v) is 22.6. The van der Waals surface area contributed by atoms with Crippen molar-refractivity contribution >= 4 is 0 Å². The lowest BCUT2D eigenvalue weighted by atomic mass is 9.59. The SMILES string of the molecule is Cc1cc(C2(c3ccc(OCC(C)O)c(C)c3)c3ccccc3Cc3ccccc32)ccc1OCC(C)O. The van der Waals surface area contributed by atoms with Gasteiger partial charge >= 0.3 is 0 Å². The molecule has 4 aromatic rings. The molecule has 0 heterocycles. The topological polar surface area (TPSA) is 58.9 Å². The van der Waals surface area contributed by atoms with Gasteiger partial charge in [0.15, 0.2) is 0 Å². The highest BCUT2D eigenvalue weighted by atomic mass is 16.5. The number of aliphatic hydroxyl groups is 2. The Hall–Kier alpha value is -3.60. The van der Waals surface area contributed by atoms with Crippen LogP contribution in [0.5, 0.6) is 11.5 Å². The van der Waals surface area contributed by atoms with Crippen LogP contribution in [0.2, 0.25) is 0 Å². The molecule has 2 unspecified atom stereocenters. The Balaban J connectivity index is 1.76. The molecule has 0 amide bonds. The van der Waals surface area contributed by atoms with Crippen LogP contribution in [0.25, 0.3) is 0 Å². The lowest BCUT2D eigenvalue weighted by molar-refractivity contribution is 0.122.